The molecule has 3 saturated heterocycles. The first-order valence-electron chi connectivity index (χ1n) is 12.3. The van der Waals surface area contributed by atoms with Crippen LogP contribution in [0.4, 0.5) is 5.69 Å². The molecule has 5 rings (SSSR count). The molecular weight excluding hydrogens is 484 g/mol. The third kappa shape index (κ3) is 3.97. The summed E-state index contributed by atoms with van der Waals surface area (Å²) in [4.78, 5) is 42.3. The third-order valence-corrected chi connectivity index (χ3v) is 7.92. The Morgan fingerprint density at radius 3 is 2.64 bits per heavy atom. The number of benzene rings is 2. The fourth-order valence-electron chi connectivity index (χ4n) is 6.19. The van der Waals surface area contributed by atoms with Crippen LogP contribution in [0.2, 0.25) is 5.02 Å². The number of likely N-dealkylation sites (tertiary alicyclic amines) is 1. The number of hydrogen-bond acceptors (Lipinski definition) is 6. The molecule has 0 aliphatic carbocycles. The lowest BCUT2D eigenvalue weighted by Crippen LogP contribution is -2.56. The van der Waals surface area contributed by atoms with Crippen LogP contribution >= 0.6 is 11.6 Å². The van der Waals surface area contributed by atoms with Crippen LogP contribution in [0, 0.1) is 11.8 Å². The zero-order valence-corrected chi connectivity index (χ0v) is 20.7. The highest BCUT2D eigenvalue weighted by molar-refractivity contribution is 6.33. The first-order valence-corrected chi connectivity index (χ1v) is 12.7. The van der Waals surface area contributed by atoms with E-state index in [0.29, 0.717) is 30.0 Å². The van der Waals surface area contributed by atoms with Gasteiger partial charge in [-0.3, -0.25) is 14.4 Å². The van der Waals surface area contributed by atoms with Crippen LogP contribution in [-0.2, 0) is 30.3 Å². The smallest absolute Gasteiger partial charge is 0.312 e. The van der Waals surface area contributed by atoms with E-state index >= 15 is 0 Å². The van der Waals surface area contributed by atoms with Crippen LogP contribution in [0.15, 0.2) is 54.6 Å². The van der Waals surface area contributed by atoms with Gasteiger partial charge in [-0.05, 0) is 43.9 Å². The Morgan fingerprint density at radius 1 is 1.22 bits per heavy atom. The summed E-state index contributed by atoms with van der Waals surface area (Å²) >= 11 is 6.30. The lowest BCUT2D eigenvalue weighted by molar-refractivity contribution is -0.155. The monoisotopic (exact) mass is 512 g/mol. The van der Waals surface area contributed by atoms with Crippen LogP contribution in [0.3, 0.4) is 0 Å². The maximum atomic E-state index is 14.0. The van der Waals surface area contributed by atoms with E-state index in [9.17, 15) is 19.5 Å². The number of aliphatic hydroxyl groups is 1. The number of nitrogens with one attached hydrogen (secondary N) is 1. The Kier molecular flexibility index (Phi) is 6.76. The number of nitrogens with zero attached hydrogens (tertiary/aromatic N) is 1. The highest BCUT2D eigenvalue weighted by Crippen LogP contribution is 2.59. The number of esters is 1. The van der Waals surface area contributed by atoms with E-state index < -0.39 is 47.5 Å². The van der Waals surface area contributed by atoms with E-state index in [4.69, 9.17) is 21.1 Å². The number of ether oxygens (including phenoxy) is 2. The van der Waals surface area contributed by atoms with Crippen molar-refractivity contribution in [3.63, 3.8) is 0 Å². The van der Waals surface area contributed by atoms with Gasteiger partial charge in [-0.2, -0.15) is 0 Å². The molecule has 0 saturated carbocycles. The fraction of sp³-hybridized carbons (Fsp3) is 0.444. The molecular formula is C27H29ClN2O6. The number of rotatable bonds is 8. The molecule has 190 valence electrons. The number of amides is 2. The first-order chi connectivity index (χ1) is 17.4. The Morgan fingerprint density at radius 2 is 1.94 bits per heavy atom. The van der Waals surface area contributed by atoms with Gasteiger partial charge in [0.25, 0.3) is 0 Å². The number of para-hydroxylation sites is 1. The van der Waals surface area contributed by atoms with Crippen LogP contribution in [0.1, 0.15) is 25.3 Å². The molecule has 6 atom stereocenters. The molecule has 8 nitrogen and oxygen atoms in total. The zero-order chi connectivity index (χ0) is 25.4. The number of carbonyl (C=O) groups is 3. The Bertz CT molecular complexity index is 1160. The molecule has 2 aromatic carbocycles. The van der Waals surface area contributed by atoms with Gasteiger partial charge in [0, 0.05) is 0 Å². The number of anilines is 1. The lowest BCUT2D eigenvalue weighted by atomic mass is 9.70. The third-order valence-electron chi connectivity index (χ3n) is 7.60. The van der Waals surface area contributed by atoms with Gasteiger partial charge in [-0.15, -0.1) is 0 Å². The molecule has 2 amide bonds. The molecule has 3 aliphatic heterocycles. The summed E-state index contributed by atoms with van der Waals surface area (Å²) < 4.78 is 11.7. The molecule has 2 N–H and O–H groups in total. The van der Waals surface area contributed by atoms with E-state index in [1.54, 1.807) is 31.2 Å². The highest BCUT2D eigenvalue weighted by atomic mass is 35.5. The summed E-state index contributed by atoms with van der Waals surface area (Å²) in [5.74, 6) is -2.97. The predicted molar refractivity (Wildman–Crippen MR) is 132 cm³/mol. The Hall–Kier alpha value is -2.94. The number of carbonyl (C=O) groups excluding carboxylic acids is 3. The van der Waals surface area contributed by atoms with Gasteiger partial charge in [-0.25, -0.2) is 0 Å². The summed E-state index contributed by atoms with van der Waals surface area (Å²) in [5.41, 5.74) is 0.139. The number of aliphatic hydroxyl groups excluding tert-OH is 1. The second kappa shape index (κ2) is 9.84. The molecule has 2 aromatic rings. The van der Waals surface area contributed by atoms with Gasteiger partial charge < -0.3 is 24.8 Å². The van der Waals surface area contributed by atoms with Crippen LogP contribution in [0.25, 0.3) is 0 Å². The minimum absolute atomic E-state index is 0.184. The largest absolute Gasteiger partial charge is 0.466 e. The normalized spacial score (nSPS) is 29.2. The van der Waals surface area contributed by atoms with E-state index in [-0.39, 0.29) is 19.1 Å². The van der Waals surface area contributed by atoms with E-state index in [0.717, 1.165) is 5.56 Å². The minimum Gasteiger partial charge on any atom is -0.466 e. The zero-order valence-electron chi connectivity index (χ0n) is 19.9. The summed E-state index contributed by atoms with van der Waals surface area (Å²) in [5, 5.41) is 13.6. The van der Waals surface area contributed by atoms with Crippen molar-refractivity contribution in [3.8, 4) is 0 Å². The van der Waals surface area contributed by atoms with Gasteiger partial charge in [0.2, 0.25) is 11.8 Å². The fourth-order valence-corrected chi connectivity index (χ4v) is 6.37. The number of fused-ring (bicyclic) bond motifs is 1. The SMILES string of the molecule is CCOC(=O)[C@@H]1[C@H]2C(=O)N([C@@H](CO)Cc3ccccc3)C(C(=O)Nc3ccccc3Cl)C23CC[C@H]1O3. The van der Waals surface area contributed by atoms with E-state index in [1.807, 2.05) is 30.3 Å². The number of halogens is 1. The number of hydrogen-bond donors (Lipinski definition) is 2. The second-order valence-electron chi connectivity index (χ2n) is 9.55. The molecule has 0 radical (unpaired) electrons. The van der Waals surface area contributed by atoms with Gasteiger partial charge in [-0.1, -0.05) is 54.1 Å². The molecule has 0 aromatic heterocycles. The van der Waals surface area contributed by atoms with Crippen molar-refractivity contribution in [2.45, 2.75) is 50.0 Å². The lowest BCUT2D eigenvalue weighted by Gasteiger charge is -2.36. The first kappa shape index (κ1) is 24.7. The average molecular weight is 513 g/mol. The van der Waals surface area contributed by atoms with E-state index in [1.165, 1.54) is 4.90 Å². The van der Waals surface area contributed by atoms with Gasteiger partial charge >= 0.3 is 5.97 Å². The second-order valence-corrected chi connectivity index (χ2v) is 9.96. The van der Waals surface area contributed by atoms with Crippen molar-refractivity contribution in [2.75, 3.05) is 18.5 Å². The molecule has 2 unspecified atom stereocenters. The Balaban J connectivity index is 1.55. The molecule has 9 heteroatoms. The van der Waals surface area contributed by atoms with Crippen molar-refractivity contribution in [1.82, 2.24) is 4.90 Å². The average Bonchev–Trinajstić information content (AvgIpc) is 3.52. The maximum absolute atomic E-state index is 14.0. The van der Waals surface area contributed by atoms with Crippen LogP contribution in [-0.4, -0.2) is 64.8 Å². The molecule has 3 fully saturated rings. The van der Waals surface area contributed by atoms with Crippen molar-refractivity contribution in [3.05, 3.63) is 65.2 Å². The quantitative estimate of drug-likeness (QED) is 0.527. The summed E-state index contributed by atoms with van der Waals surface area (Å²) in [6.45, 7) is 1.54. The molecule has 3 aliphatic rings. The van der Waals surface area contributed by atoms with Crippen molar-refractivity contribution in [1.29, 1.82) is 0 Å². The van der Waals surface area contributed by atoms with E-state index in [2.05, 4.69) is 5.32 Å². The standard InChI is InChI=1S/C27H29ClN2O6/c1-2-35-26(34)21-20-12-13-27(36-20)22(21)25(33)30(17(15-31)14-16-8-4-3-5-9-16)23(27)24(32)29-19-11-7-6-10-18(19)28/h3-11,17,20-23,31H,2,12-15H2,1H3,(H,29,32)/t17-,20-,21+,22+,23?,27?/m1/s1. The molecule has 2 bridgehead atoms. The van der Waals surface area contributed by atoms with Crippen molar-refractivity contribution in [2.24, 2.45) is 11.8 Å². The predicted octanol–water partition coefficient (Wildman–Crippen LogP) is 2.82. The van der Waals surface area contributed by atoms with Gasteiger partial charge in [0.05, 0.1) is 47.9 Å². The van der Waals surface area contributed by atoms with Crippen molar-refractivity contribution >= 4 is 35.1 Å². The molecule has 1 spiro atoms. The molecule has 36 heavy (non-hydrogen) atoms. The summed E-state index contributed by atoms with van der Waals surface area (Å²) in [7, 11) is 0. The summed E-state index contributed by atoms with van der Waals surface area (Å²) in [6, 6.07) is 14.6. The van der Waals surface area contributed by atoms with Crippen molar-refractivity contribution < 1.29 is 29.0 Å². The summed E-state index contributed by atoms with van der Waals surface area (Å²) in [6.07, 6.45) is 0.844. The van der Waals surface area contributed by atoms with Crippen LogP contribution in [0.5, 0.6) is 0 Å². The molecule has 3 heterocycles. The van der Waals surface area contributed by atoms with Crippen LogP contribution < -0.4 is 5.32 Å². The minimum atomic E-state index is -1.19. The topological polar surface area (TPSA) is 105 Å². The van der Waals surface area contributed by atoms with Gasteiger partial charge in [0.15, 0.2) is 0 Å². The highest BCUT2D eigenvalue weighted by Gasteiger charge is 2.75. The van der Waals surface area contributed by atoms with Gasteiger partial charge in [0.1, 0.15) is 11.6 Å². The Labute approximate surface area is 214 Å². The maximum Gasteiger partial charge on any atom is 0.312 e.